The predicted molar refractivity (Wildman–Crippen MR) is 70.2 cm³/mol. The van der Waals surface area contributed by atoms with Gasteiger partial charge in [-0.05, 0) is 25.0 Å². The lowest BCUT2D eigenvalue weighted by molar-refractivity contribution is -0.224. The molecule has 1 unspecified atom stereocenters. The van der Waals surface area contributed by atoms with Gasteiger partial charge in [0, 0.05) is 12.5 Å². The maximum absolute atomic E-state index is 12.2. The van der Waals surface area contributed by atoms with Crippen molar-refractivity contribution >= 4 is 5.97 Å². The third-order valence-corrected chi connectivity index (χ3v) is 3.85. The molecule has 0 radical (unpaired) electrons. The molecule has 1 N–H and O–H groups in total. The molecule has 0 fully saturated rings. The van der Waals surface area contributed by atoms with E-state index in [0.29, 0.717) is 12.4 Å². The lowest BCUT2D eigenvalue weighted by atomic mass is 9.82. The van der Waals surface area contributed by atoms with Crippen molar-refractivity contribution in [3.63, 3.8) is 0 Å². The van der Waals surface area contributed by atoms with E-state index in [-0.39, 0.29) is 6.61 Å². The Kier molecular flexibility index (Phi) is 3.18. The highest BCUT2D eigenvalue weighted by Crippen LogP contribution is 2.48. The van der Waals surface area contributed by atoms with Crippen molar-refractivity contribution in [3.05, 3.63) is 29.3 Å². The summed E-state index contributed by atoms with van der Waals surface area (Å²) in [5, 5.41) is 10.5. The molecule has 2 heterocycles. The van der Waals surface area contributed by atoms with Crippen LogP contribution in [-0.2, 0) is 20.7 Å². The lowest BCUT2D eigenvalue weighted by Gasteiger charge is -2.43. The maximum atomic E-state index is 12.2. The maximum Gasteiger partial charge on any atom is 0.318 e. The van der Waals surface area contributed by atoms with Crippen LogP contribution in [0.25, 0.3) is 0 Å². The van der Waals surface area contributed by atoms with Crippen molar-refractivity contribution in [1.29, 1.82) is 0 Å². The number of esters is 1. The normalized spacial score (nSPS) is 31.1. The van der Waals surface area contributed by atoms with Gasteiger partial charge in [0.25, 0.3) is 0 Å². The third-order valence-electron chi connectivity index (χ3n) is 3.85. The summed E-state index contributed by atoms with van der Waals surface area (Å²) in [6, 6.07) is 5.67. The van der Waals surface area contributed by atoms with Gasteiger partial charge in [0.05, 0.1) is 13.2 Å². The van der Waals surface area contributed by atoms with Crippen molar-refractivity contribution in [3.8, 4) is 5.75 Å². The second-order valence-corrected chi connectivity index (χ2v) is 5.26. The zero-order valence-electron chi connectivity index (χ0n) is 11.6. The van der Waals surface area contributed by atoms with Gasteiger partial charge in [0.1, 0.15) is 11.9 Å². The van der Waals surface area contributed by atoms with Crippen LogP contribution in [-0.4, -0.2) is 30.1 Å². The molecule has 0 saturated heterocycles. The lowest BCUT2D eigenvalue weighted by Crippen LogP contribution is -2.52. The molecule has 108 valence electrons. The van der Waals surface area contributed by atoms with Crippen LogP contribution in [0.1, 0.15) is 31.1 Å². The van der Waals surface area contributed by atoms with Gasteiger partial charge in [-0.3, -0.25) is 4.79 Å². The summed E-state index contributed by atoms with van der Waals surface area (Å²) in [5.74, 6) is -2.43. The number of hydrogen-bond donors (Lipinski definition) is 1. The van der Waals surface area contributed by atoms with Crippen LogP contribution < -0.4 is 4.74 Å². The molecule has 1 aromatic rings. The van der Waals surface area contributed by atoms with Crippen LogP contribution in [0.4, 0.5) is 0 Å². The first kappa shape index (κ1) is 13.4. The molecule has 0 amide bonds. The minimum Gasteiger partial charge on any atom is -0.466 e. The standard InChI is InChI=1S/C15H18O5/c1-3-18-14(16)12-13-11-9(7-8-19-13)5-4-6-10(11)20-15(12,2)17/h4-6,12-13,17H,3,7-8H2,1-2H3/t12-,13?,15-/m0/s1. The molecule has 5 heteroatoms. The summed E-state index contributed by atoms with van der Waals surface area (Å²) in [6.07, 6.45) is 0.263. The molecule has 3 atom stereocenters. The predicted octanol–water partition coefficient (Wildman–Crippen LogP) is 1.58. The Bertz CT molecular complexity index is 537. The number of ether oxygens (including phenoxy) is 3. The number of hydrogen-bond acceptors (Lipinski definition) is 5. The van der Waals surface area contributed by atoms with Crippen LogP contribution >= 0.6 is 0 Å². The zero-order valence-corrected chi connectivity index (χ0v) is 11.6. The topological polar surface area (TPSA) is 65.0 Å². The molecule has 0 aliphatic carbocycles. The highest BCUT2D eigenvalue weighted by atomic mass is 16.6. The number of benzene rings is 1. The van der Waals surface area contributed by atoms with Crippen LogP contribution in [0.5, 0.6) is 5.75 Å². The molecule has 0 bridgehead atoms. The van der Waals surface area contributed by atoms with Gasteiger partial charge in [0.15, 0.2) is 5.92 Å². The second kappa shape index (κ2) is 4.75. The fraction of sp³-hybridized carbons (Fsp3) is 0.533. The fourth-order valence-electron chi connectivity index (χ4n) is 3.00. The fourth-order valence-corrected chi connectivity index (χ4v) is 3.00. The number of carbonyl (C=O) groups excluding carboxylic acids is 1. The molecule has 5 nitrogen and oxygen atoms in total. The zero-order chi connectivity index (χ0) is 14.3. The van der Waals surface area contributed by atoms with Gasteiger partial charge in [-0.1, -0.05) is 12.1 Å². The minimum atomic E-state index is -1.64. The summed E-state index contributed by atoms with van der Waals surface area (Å²) >= 11 is 0. The van der Waals surface area contributed by atoms with E-state index in [1.54, 1.807) is 13.0 Å². The Morgan fingerprint density at radius 3 is 3.10 bits per heavy atom. The molecule has 3 rings (SSSR count). The van der Waals surface area contributed by atoms with Crippen LogP contribution in [0.2, 0.25) is 0 Å². The minimum absolute atomic E-state index is 0.257. The van der Waals surface area contributed by atoms with E-state index in [9.17, 15) is 9.90 Å². The first-order valence-corrected chi connectivity index (χ1v) is 6.86. The van der Waals surface area contributed by atoms with Crippen LogP contribution in [0.15, 0.2) is 18.2 Å². The van der Waals surface area contributed by atoms with Gasteiger partial charge in [0.2, 0.25) is 5.79 Å². The Labute approximate surface area is 117 Å². The van der Waals surface area contributed by atoms with E-state index in [0.717, 1.165) is 17.5 Å². The summed E-state index contributed by atoms with van der Waals surface area (Å²) in [7, 11) is 0. The van der Waals surface area contributed by atoms with E-state index >= 15 is 0 Å². The van der Waals surface area contributed by atoms with Crippen LogP contribution in [0, 0.1) is 5.92 Å². The molecule has 2 aliphatic rings. The van der Waals surface area contributed by atoms with E-state index in [4.69, 9.17) is 14.2 Å². The molecular weight excluding hydrogens is 260 g/mol. The van der Waals surface area contributed by atoms with Crippen molar-refractivity contribution < 1.29 is 24.1 Å². The smallest absolute Gasteiger partial charge is 0.318 e. The number of carbonyl (C=O) groups is 1. The van der Waals surface area contributed by atoms with Gasteiger partial charge in [-0.25, -0.2) is 0 Å². The van der Waals surface area contributed by atoms with E-state index < -0.39 is 23.8 Å². The first-order valence-electron chi connectivity index (χ1n) is 6.86. The molecule has 2 aliphatic heterocycles. The molecular formula is C15H18O5. The summed E-state index contributed by atoms with van der Waals surface area (Å²) in [4.78, 5) is 12.2. The Morgan fingerprint density at radius 1 is 1.55 bits per heavy atom. The Balaban J connectivity index is 2.08. The van der Waals surface area contributed by atoms with Crippen molar-refractivity contribution in [2.75, 3.05) is 13.2 Å². The van der Waals surface area contributed by atoms with E-state index in [1.165, 1.54) is 6.92 Å². The van der Waals surface area contributed by atoms with Gasteiger partial charge >= 0.3 is 5.97 Å². The Morgan fingerprint density at radius 2 is 2.35 bits per heavy atom. The van der Waals surface area contributed by atoms with Crippen LogP contribution in [0.3, 0.4) is 0 Å². The Hall–Kier alpha value is -1.59. The van der Waals surface area contributed by atoms with Crippen molar-refractivity contribution in [2.24, 2.45) is 5.92 Å². The molecule has 20 heavy (non-hydrogen) atoms. The average molecular weight is 278 g/mol. The average Bonchev–Trinajstić information content (AvgIpc) is 2.38. The molecule has 1 aromatic carbocycles. The largest absolute Gasteiger partial charge is 0.466 e. The number of rotatable bonds is 2. The first-order chi connectivity index (χ1) is 9.54. The molecule has 0 aromatic heterocycles. The van der Waals surface area contributed by atoms with Gasteiger partial charge in [-0.15, -0.1) is 0 Å². The monoisotopic (exact) mass is 278 g/mol. The van der Waals surface area contributed by atoms with E-state index in [2.05, 4.69) is 0 Å². The highest BCUT2D eigenvalue weighted by molar-refractivity contribution is 5.76. The van der Waals surface area contributed by atoms with Crippen molar-refractivity contribution in [2.45, 2.75) is 32.2 Å². The molecule has 0 spiro atoms. The SMILES string of the molecule is CCOC(=O)[C@@H]1C2OCCc3cccc(c32)O[C@]1(C)O. The summed E-state index contributed by atoms with van der Waals surface area (Å²) in [6.45, 7) is 3.99. The second-order valence-electron chi connectivity index (χ2n) is 5.26. The highest BCUT2D eigenvalue weighted by Gasteiger charge is 2.53. The van der Waals surface area contributed by atoms with Gasteiger partial charge < -0.3 is 19.3 Å². The van der Waals surface area contributed by atoms with Gasteiger partial charge in [-0.2, -0.15) is 0 Å². The van der Waals surface area contributed by atoms with Crippen molar-refractivity contribution in [1.82, 2.24) is 0 Å². The summed E-state index contributed by atoms with van der Waals surface area (Å²) < 4.78 is 16.5. The number of aliphatic hydroxyl groups is 1. The third kappa shape index (κ3) is 1.98. The summed E-state index contributed by atoms with van der Waals surface area (Å²) in [5.41, 5.74) is 1.96. The quantitative estimate of drug-likeness (QED) is 0.832. The van der Waals surface area contributed by atoms with E-state index in [1.807, 2.05) is 12.1 Å². The molecule has 0 saturated carbocycles.